The molecule has 1 heterocycles. The van der Waals surface area contributed by atoms with Gasteiger partial charge in [0.05, 0.1) is 24.5 Å². The molecule has 2 unspecified atom stereocenters. The Morgan fingerprint density at radius 3 is 2.39 bits per heavy atom. The van der Waals surface area contributed by atoms with Gasteiger partial charge in [-0.2, -0.15) is 0 Å². The third kappa shape index (κ3) is 8.36. The number of nitrogens with one attached hydrogen (secondary N) is 1. The lowest BCUT2D eigenvalue weighted by atomic mass is 9.84. The fourth-order valence-electron chi connectivity index (χ4n) is 4.85. The summed E-state index contributed by atoms with van der Waals surface area (Å²) in [5, 5.41) is 1.71. The summed E-state index contributed by atoms with van der Waals surface area (Å²) in [6, 6.07) is 6.73. The van der Waals surface area contributed by atoms with E-state index in [1.165, 1.54) is 23.3 Å². The highest BCUT2D eigenvalue weighted by molar-refractivity contribution is 7.96. The number of carbonyl (C=O) groups is 3. The highest BCUT2D eigenvalue weighted by atomic mass is 32.2. The Bertz CT molecular complexity index is 992. The minimum Gasteiger partial charge on any atom is -0.497 e. The second-order valence-electron chi connectivity index (χ2n) is 10.8. The second kappa shape index (κ2) is 13.7. The Hall–Kier alpha value is -2.27. The maximum atomic E-state index is 13.8. The highest BCUT2D eigenvalue weighted by Gasteiger charge is 2.43. The summed E-state index contributed by atoms with van der Waals surface area (Å²) in [6.07, 6.45) is 7.08. The Labute approximate surface area is 232 Å². The predicted octanol–water partition coefficient (Wildman–Crippen LogP) is 4.08. The third-order valence-corrected chi connectivity index (χ3v) is 9.08. The van der Waals surface area contributed by atoms with Gasteiger partial charge in [0.25, 0.3) is 11.8 Å². The molecule has 3 amide bonds. The van der Waals surface area contributed by atoms with E-state index in [9.17, 15) is 18.6 Å². The van der Waals surface area contributed by atoms with E-state index in [1.807, 2.05) is 30.5 Å². The molecule has 1 N–H and O–H groups in total. The minimum absolute atomic E-state index is 0.162. The van der Waals surface area contributed by atoms with Gasteiger partial charge in [-0.3, -0.25) is 23.0 Å². The molecule has 1 aliphatic heterocycles. The third-order valence-electron chi connectivity index (χ3n) is 6.78. The number of benzene rings is 1. The summed E-state index contributed by atoms with van der Waals surface area (Å²) in [7, 11) is 0.0215. The zero-order chi connectivity index (χ0) is 27.9. The monoisotopic (exact) mass is 567 g/mol. The van der Waals surface area contributed by atoms with Crippen molar-refractivity contribution in [2.24, 2.45) is 5.92 Å². The summed E-state index contributed by atoms with van der Waals surface area (Å²) in [5.41, 5.74) is 0.186. The van der Waals surface area contributed by atoms with E-state index in [0.29, 0.717) is 18.9 Å². The largest absolute Gasteiger partial charge is 0.497 e. The first-order valence-corrected chi connectivity index (χ1v) is 15.7. The summed E-state index contributed by atoms with van der Waals surface area (Å²) in [5.74, 6) is 0.453. The van der Waals surface area contributed by atoms with Crippen molar-refractivity contribution in [3.05, 3.63) is 29.8 Å². The van der Waals surface area contributed by atoms with Crippen LogP contribution >= 0.6 is 11.9 Å². The molecule has 2 fully saturated rings. The number of ether oxygens (including phenoxy) is 2. The molecular formula is C27H41N3O6S2. The van der Waals surface area contributed by atoms with Crippen molar-refractivity contribution in [2.75, 3.05) is 25.7 Å². The first-order chi connectivity index (χ1) is 18.0. The van der Waals surface area contributed by atoms with Gasteiger partial charge in [-0.05, 0) is 50.8 Å². The summed E-state index contributed by atoms with van der Waals surface area (Å²) >= 11 is 1.30. The lowest BCUT2D eigenvalue weighted by molar-refractivity contribution is -0.134. The van der Waals surface area contributed by atoms with E-state index in [2.05, 4.69) is 5.32 Å². The maximum absolute atomic E-state index is 13.8. The zero-order valence-electron chi connectivity index (χ0n) is 23.1. The first-order valence-electron chi connectivity index (χ1n) is 13.2. The van der Waals surface area contributed by atoms with Crippen LogP contribution in [0.5, 0.6) is 5.75 Å². The second-order valence-corrected chi connectivity index (χ2v) is 13.2. The molecule has 0 radical (unpaired) electrons. The predicted molar refractivity (Wildman–Crippen MR) is 150 cm³/mol. The average molecular weight is 568 g/mol. The molecule has 1 aromatic carbocycles. The number of hydrogen-bond donors (Lipinski definition) is 1. The highest BCUT2D eigenvalue weighted by Crippen LogP contribution is 2.29. The molecule has 0 spiro atoms. The maximum Gasteiger partial charge on any atom is 0.411 e. The first kappa shape index (κ1) is 30.3. The Balaban J connectivity index is 1.78. The molecule has 11 heteroatoms. The lowest BCUT2D eigenvalue weighted by Crippen LogP contribution is -2.54. The van der Waals surface area contributed by atoms with Crippen molar-refractivity contribution < 1.29 is 28.1 Å². The van der Waals surface area contributed by atoms with E-state index in [4.69, 9.17) is 9.47 Å². The van der Waals surface area contributed by atoms with Crippen molar-refractivity contribution >= 4 is 40.7 Å². The van der Waals surface area contributed by atoms with Crippen molar-refractivity contribution in [3.8, 4) is 5.75 Å². The van der Waals surface area contributed by atoms with Crippen molar-refractivity contribution in [1.29, 1.82) is 0 Å². The van der Waals surface area contributed by atoms with Crippen LogP contribution in [-0.2, 0) is 31.7 Å². The molecule has 1 saturated heterocycles. The van der Waals surface area contributed by atoms with Gasteiger partial charge >= 0.3 is 6.09 Å². The molecule has 3 atom stereocenters. The normalized spacial score (nSPS) is 21.0. The van der Waals surface area contributed by atoms with Crippen LogP contribution in [0.1, 0.15) is 64.9 Å². The summed E-state index contributed by atoms with van der Waals surface area (Å²) in [6.45, 7) is 5.75. The standard InChI is InChI=1S/C27H41N3O6S2/c1-27(2,3)36-26(33)29-15-16-38(34)25(29)23(31)28-22(17-19-9-7-6-8-10-19)24(32)30(37-5)18-20-11-13-21(35-4)14-12-20/h11-14,19,22,25H,6-10,15-18H2,1-5H3,(H,28,31)/t22-,25?,38?/m1/s1. The van der Waals surface area contributed by atoms with Crippen molar-refractivity contribution in [1.82, 2.24) is 14.5 Å². The van der Waals surface area contributed by atoms with Crippen LogP contribution in [0.3, 0.4) is 0 Å². The topological polar surface area (TPSA) is 105 Å². The Kier molecular flexibility index (Phi) is 10.9. The van der Waals surface area contributed by atoms with Gasteiger partial charge in [-0.1, -0.05) is 56.2 Å². The average Bonchev–Trinajstić information content (AvgIpc) is 3.28. The molecule has 38 heavy (non-hydrogen) atoms. The van der Waals surface area contributed by atoms with E-state index in [-0.39, 0.29) is 18.2 Å². The van der Waals surface area contributed by atoms with Crippen LogP contribution in [0, 0.1) is 5.92 Å². The van der Waals surface area contributed by atoms with Crippen LogP contribution in [0.15, 0.2) is 24.3 Å². The van der Waals surface area contributed by atoms with Gasteiger partial charge in [0.1, 0.15) is 17.4 Å². The molecule has 1 aliphatic carbocycles. The number of nitrogens with zero attached hydrogens (tertiary/aromatic N) is 2. The molecule has 1 saturated carbocycles. The molecule has 212 valence electrons. The number of carbonyl (C=O) groups excluding carboxylic acids is 3. The van der Waals surface area contributed by atoms with Gasteiger partial charge in [0.2, 0.25) is 0 Å². The summed E-state index contributed by atoms with van der Waals surface area (Å²) < 4.78 is 25.1. The fourth-order valence-corrected chi connectivity index (χ4v) is 6.82. The van der Waals surface area contributed by atoms with Crippen molar-refractivity contribution in [2.45, 2.75) is 82.9 Å². The molecule has 9 nitrogen and oxygen atoms in total. The fraction of sp³-hybridized carbons (Fsp3) is 0.667. The lowest BCUT2D eigenvalue weighted by Gasteiger charge is -2.32. The smallest absolute Gasteiger partial charge is 0.411 e. The van der Waals surface area contributed by atoms with Gasteiger partial charge < -0.3 is 14.8 Å². The van der Waals surface area contributed by atoms with Gasteiger partial charge in [0, 0.05) is 18.6 Å². The van der Waals surface area contributed by atoms with Crippen LogP contribution in [0.4, 0.5) is 4.79 Å². The molecule has 2 aliphatic rings. The van der Waals surface area contributed by atoms with Gasteiger partial charge in [0.15, 0.2) is 5.37 Å². The molecule has 3 rings (SSSR count). The van der Waals surface area contributed by atoms with Crippen LogP contribution in [0.2, 0.25) is 0 Å². The number of rotatable bonds is 9. The van der Waals surface area contributed by atoms with Crippen LogP contribution in [0.25, 0.3) is 0 Å². The van der Waals surface area contributed by atoms with Crippen LogP contribution < -0.4 is 10.1 Å². The molecular weight excluding hydrogens is 526 g/mol. The van der Waals surface area contributed by atoms with E-state index in [1.54, 1.807) is 32.2 Å². The Morgan fingerprint density at radius 1 is 1.16 bits per heavy atom. The van der Waals surface area contributed by atoms with Gasteiger partial charge in [-0.25, -0.2) is 4.79 Å². The SMILES string of the molecule is COc1ccc(CN(SC)C(=O)[C@@H](CC2CCCCC2)NC(=O)C2N(C(=O)OC(C)(C)C)CCS2=O)cc1. The number of amides is 3. The molecule has 1 aromatic rings. The number of hydrogen-bond acceptors (Lipinski definition) is 7. The minimum atomic E-state index is -1.58. The zero-order valence-corrected chi connectivity index (χ0v) is 24.7. The van der Waals surface area contributed by atoms with E-state index in [0.717, 1.165) is 37.0 Å². The molecule has 0 aromatic heterocycles. The Morgan fingerprint density at radius 2 is 1.82 bits per heavy atom. The quantitative estimate of drug-likeness (QED) is 0.448. The molecule has 0 bridgehead atoms. The van der Waals surface area contributed by atoms with Crippen molar-refractivity contribution in [3.63, 3.8) is 0 Å². The van der Waals surface area contributed by atoms with Crippen LogP contribution in [-0.4, -0.2) is 74.0 Å². The van der Waals surface area contributed by atoms with E-state index < -0.39 is 39.8 Å². The van der Waals surface area contributed by atoms with E-state index >= 15 is 0 Å². The van der Waals surface area contributed by atoms with Gasteiger partial charge in [-0.15, -0.1) is 0 Å². The summed E-state index contributed by atoms with van der Waals surface area (Å²) in [4.78, 5) is 41.3. The number of methoxy groups -OCH3 is 1.